The van der Waals surface area contributed by atoms with E-state index in [1.165, 1.54) is 0 Å². The third-order valence-electron chi connectivity index (χ3n) is 11.2. The number of hydrogen-bond acceptors (Lipinski definition) is 9. The number of halogens is 1. The monoisotopic (exact) mass is 748 g/mol. The number of hydrogen-bond donors (Lipinski definition) is 2. The number of likely N-dealkylation sites (tertiary alicyclic amines) is 1. The van der Waals surface area contributed by atoms with Crippen molar-refractivity contribution in [3.05, 3.63) is 50.7 Å². The van der Waals surface area contributed by atoms with Gasteiger partial charge in [-0.15, -0.1) is 0 Å². The van der Waals surface area contributed by atoms with Crippen LogP contribution in [-0.4, -0.2) is 80.8 Å². The number of β-amino-alcohol motifs (C(OH)–C–C–N with tert-alkyl or cyclic N) is 1. The van der Waals surface area contributed by atoms with E-state index in [1.54, 1.807) is 17.0 Å². The summed E-state index contributed by atoms with van der Waals surface area (Å²) >= 11 is 2.24. The molecule has 1 amide bonds. The predicted octanol–water partition coefficient (Wildman–Crippen LogP) is 5.09. The highest BCUT2D eigenvalue weighted by Crippen LogP contribution is 2.53. The minimum absolute atomic E-state index is 0.0589. The molecule has 8 rings (SSSR count). The molecule has 10 nitrogen and oxygen atoms in total. The van der Waals surface area contributed by atoms with Crippen LogP contribution in [0.25, 0.3) is 10.8 Å². The quantitative estimate of drug-likeness (QED) is 0.318. The summed E-state index contributed by atoms with van der Waals surface area (Å²) in [4.78, 5) is 30.4. The van der Waals surface area contributed by atoms with Crippen molar-refractivity contribution in [3.63, 3.8) is 0 Å². The van der Waals surface area contributed by atoms with E-state index >= 15 is 0 Å². The van der Waals surface area contributed by atoms with Crippen LogP contribution in [0.4, 0.5) is 5.82 Å². The Morgan fingerprint density at radius 3 is 2.64 bits per heavy atom. The molecule has 2 saturated heterocycles. The minimum Gasteiger partial charge on any atom is -0.508 e. The molecule has 4 heterocycles. The zero-order chi connectivity index (χ0) is 32.5. The number of benzene rings is 2. The molecular formula is C36H41IN6O4. The second-order valence-corrected chi connectivity index (χ2v) is 16.1. The fourth-order valence-corrected chi connectivity index (χ4v) is 9.17. The van der Waals surface area contributed by atoms with Crippen molar-refractivity contribution in [2.45, 2.75) is 64.1 Å². The van der Waals surface area contributed by atoms with Crippen molar-refractivity contribution in [1.29, 1.82) is 5.26 Å². The highest BCUT2D eigenvalue weighted by Gasteiger charge is 2.52. The van der Waals surface area contributed by atoms with Crippen molar-refractivity contribution in [1.82, 2.24) is 19.8 Å². The summed E-state index contributed by atoms with van der Waals surface area (Å²) in [6.07, 6.45) is 6.03. The van der Waals surface area contributed by atoms with Crippen LogP contribution < -0.4 is 9.64 Å². The molecule has 0 spiro atoms. The Kier molecular flexibility index (Phi) is 7.76. The van der Waals surface area contributed by atoms with Gasteiger partial charge in [0.05, 0.1) is 48.5 Å². The minimum atomic E-state index is -0.832. The number of carbonyl (C=O) groups excluding carboxylic acids is 1. The van der Waals surface area contributed by atoms with Gasteiger partial charge in [0.15, 0.2) is 0 Å². The Hall–Kier alpha value is -3.21. The summed E-state index contributed by atoms with van der Waals surface area (Å²) in [7, 11) is 0. The van der Waals surface area contributed by atoms with Crippen molar-refractivity contribution >= 4 is 45.1 Å². The maximum absolute atomic E-state index is 14.1. The molecular weight excluding hydrogens is 707 g/mol. The molecule has 0 bridgehead atoms. The van der Waals surface area contributed by atoms with Gasteiger partial charge in [0.25, 0.3) is 5.91 Å². The van der Waals surface area contributed by atoms with E-state index in [0.717, 1.165) is 96.1 Å². The van der Waals surface area contributed by atoms with E-state index < -0.39 is 5.60 Å². The number of amides is 1. The normalized spacial score (nSPS) is 27.9. The number of phenols is 1. The summed E-state index contributed by atoms with van der Waals surface area (Å²) in [5, 5.41) is 32.5. The van der Waals surface area contributed by atoms with Crippen LogP contribution in [0.15, 0.2) is 30.3 Å². The molecule has 2 aliphatic carbocycles. The molecule has 2 saturated carbocycles. The maximum Gasteiger partial charge on any atom is 0.318 e. The molecule has 3 aliphatic heterocycles. The summed E-state index contributed by atoms with van der Waals surface area (Å²) in [6.45, 7) is 7.37. The average Bonchev–Trinajstić information content (AvgIpc) is 3.93. The number of anilines is 1. The third-order valence-corrected chi connectivity index (χ3v) is 12.1. The van der Waals surface area contributed by atoms with Gasteiger partial charge in [-0.25, -0.2) is 0 Å². The number of aromatic nitrogens is 2. The van der Waals surface area contributed by atoms with Crippen molar-refractivity contribution < 1.29 is 19.7 Å². The summed E-state index contributed by atoms with van der Waals surface area (Å²) < 4.78 is 7.38. The van der Waals surface area contributed by atoms with E-state index in [4.69, 9.17) is 14.7 Å². The lowest BCUT2D eigenvalue weighted by Crippen LogP contribution is -2.47. The SMILES string of the molecule is C[C@@]1(O)CCCN(c2nc(OCC3(CN4CC[C@@H]5C(C#N)[C@@H]5CC4)CC3)nc3c2CN(C(=O)c2cc(O)cc4cccc(I)c24)C3)C1. The van der Waals surface area contributed by atoms with Crippen LogP contribution in [0.1, 0.15) is 67.1 Å². The highest BCUT2D eigenvalue weighted by molar-refractivity contribution is 14.1. The first kappa shape index (κ1) is 31.1. The number of fused-ring (bicyclic) bond motifs is 3. The fourth-order valence-electron chi connectivity index (χ4n) is 8.37. The van der Waals surface area contributed by atoms with Crippen molar-refractivity contribution in [3.8, 4) is 17.8 Å². The Bertz CT molecular complexity index is 1770. The number of ether oxygens (including phenoxy) is 1. The van der Waals surface area contributed by atoms with Gasteiger partial charge in [0.1, 0.15) is 11.6 Å². The Morgan fingerprint density at radius 1 is 1.13 bits per heavy atom. The number of carbonyl (C=O) groups is 1. The number of piperidine rings is 1. The molecule has 47 heavy (non-hydrogen) atoms. The molecule has 1 unspecified atom stereocenters. The van der Waals surface area contributed by atoms with E-state index in [-0.39, 0.29) is 23.0 Å². The molecule has 2 N–H and O–H groups in total. The summed E-state index contributed by atoms with van der Waals surface area (Å²) in [5.74, 6) is 2.08. The number of nitriles is 1. The van der Waals surface area contributed by atoms with Crippen LogP contribution in [-0.2, 0) is 13.1 Å². The van der Waals surface area contributed by atoms with Gasteiger partial charge in [-0.3, -0.25) is 4.79 Å². The lowest BCUT2D eigenvalue weighted by molar-refractivity contribution is 0.0445. The standard InChI is InChI=1S/C36H41IN6O4/c1-35(46)8-3-11-42(19-35)32-28-17-43(33(45)26-15-23(44)14-22-4-2-5-29(37)31(22)26)18-30(28)39-34(40-32)47-21-36(9-10-36)20-41-12-6-24-25(7-13-41)27(24)16-38/h2,4-5,14-15,24-25,27,44,46H,3,6-13,17-21H2,1H3/t24-,25+,27?,35-/m1/s1. The van der Waals surface area contributed by atoms with E-state index in [2.05, 4.69) is 38.5 Å². The molecule has 4 fully saturated rings. The lowest BCUT2D eigenvalue weighted by atomic mass is 9.95. The number of nitrogens with zero attached hydrogens (tertiary/aromatic N) is 6. The van der Waals surface area contributed by atoms with Gasteiger partial charge in [-0.2, -0.15) is 15.2 Å². The van der Waals surface area contributed by atoms with Crippen molar-refractivity contribution in [2.24, 2.45) is 23.2 Å². The molecule has 11 heteroatoms. The van der Waals surface area contributed by atoms with Gasteiger partial charge in [0, 0.05) is 39.6 Å². The zero-order valence-corrected chi connectivity index (χ0v) is 28.9. The lowest BCUT2D eigenvalue weighted by Gasteiger charge is -2.38. The number of aliphatic hydroxyl groups is 1. The first-order chi connectivity index (χ1) is 22.6. The van der Waals surface area contributed by atoms with E-state index in [0.29, 0.717) is 49.7 Å². The van der Waals surface area contributed by atoms with Gasteiger partial charge in [0.2, 0.25) is 0 Å². The first-order valence-corrected chi connectivity index (χ1v) is 18.0. The summed E-state index contributed by atoms with van der Waals surface area (Å²) in [6, 6.07) is 11.9. The van der Waals surface area contributed by atoms with Crippen LogP contribution in [0, 0.1) is 38.1 Å². The summed E-state index contributed by atoms with van der Waals surface area (Å²) in [5.41, 5.74) is 1.39. The van der Waals surface area contributed by atoms with Gasteiger partial charge in [-0.1, -0.05) is 12.1 Å². The zero-order valence-electron chi connectivity index (χ0n) is 26.8. The molecule has 1 aromatic heterocycles. The van der Waals surface area contributed by atoms with E-state index in [9.17, 15) is 20.3 Å². The van der Waals surface area contributed by atoms with Gasteiger partial charge >= 0.3 is 6.01 Å². The second-order valence-electron chi connectivity index (χ2n) is 14.9. The Balaban J connectivity index is 1.03. The third kappa shape index (κ3) is 6.02. The highest BCUT2D eigenvalue weighted by atomic mass is 127. The van der Waals surface area contributed by atoms with E-state index in [1.807, 2.05) is 25.1 Å². The number of phenolic OH excluding ortho intramolecular Hbond substituents is 1. The van der Waals surface area contributed by atoms with Crippen LogP contribution in [0.3, 0.4) is 0 Å². The predicted molar refractivity (Wildman–Crippen MR) is 185 cm³/mol. The molecule has 0 radical (unpaired) electrons. The molecule has 2 aromatic carbocycles. The molecule has 3 aromatic rings. The first-order valence-electron chi connectivity index (χ1n) is 16.9. The second kappa shape index (κ2) is 11.7. The smallest absolute Gasteiger partial charge is 0.318 e. The fraction of sp³-hybridized carbons (Fsp3) is 0.556. The Labute approximate surface area is 288 Å². The van der Waals surface area contributed by atoms with Gasteiger partial charge in [-0.05, 0) is 117 Å². The average molecular weight is 749 g/mol. The number of rotatable bonds is 7. The topological polar surface area (TPSA) is 126 Å². The molecule has 4 atom stereocenters. The van der Waals surface area contributed by atoms with Crippen LogP contribution >= 0.6 is 22.6 Å². The van der Waals surface area contributed by atoms with Gasteiger partial charge < -0.3 is 29.6 Å². The van der Waals surface area contributed by atoms with Crippen molar-refractivity contribution in [2.75, 3.05) is 44.2 Å². The largest absolute Gasteiger partial charge is 0.508 e. The Morgan fingerprint density at radius 2 is 1.91 bits per heavy atom. The number of aromatic hydroxyl groups is 1. The maximum atomic E-state index is 14.1. The van der Waals surface area contributed by atoms with Crippen LogP contribution in [0.2, 0.25) is 0 Å². The molecule has 246 valence electrons. The molecule has 5 aliphatic rings. The van der Waals surface area contributed by atoms with Crippen LogP contribution in [0.5, 0.6) is 11.8 Å².